The van der Waals surface area contributed by atoms with Gasteiger partial charge in [0.15, 0.2) is 0 Å². The molecule has 0 bridgehead atoms. The zero-order valence-corrected chi connectivity index (χ0v) is 13.4. The summed E-state index contributed by atoms with van der Waals surface area (Å²) in [5.41, 5.74) is 3.84. The van der Waals surface area contributed by atoms with E-state index in [1.807, 2.05) is 11.3 Å². The van der Waals surface area contributed by atoms with E-state index in [9.17, 15) is 0 Å². The average molecular weight is 324 g/mol. The van der Waals surface area contributed by atoms with E-state index in [0.29, 0.717) is 6.04 Å². The number of hydrogen-bond donors (Lipinski definition) is 1. The molecule has 0 fully saturated rings. The number of anilines is 1. The Morgan fingerprint density at radius 2 is 1.94 bits per heavy atom. The van der Waals surface area contributed by atoms with Gasteiger partial charge >= 0.3 is 0 Å². The van der Waals surface area contributed by atoms with Gasteiger partial charge < -0.3 is 5.32 Å². The lowest BCUT2D eigenvalue weighted by atomic mass is 10.1. The van der Waals surface area contributed by atoms with E-state index in [0.717, 1.165) is 10.9 Å². The van der Waals surface area contributed by atoms with Crippen molar-refractivity contribution in [2.24, 2.45) is 0 Å². The van der Waals surface area contributed by atoms with Crippen molar-refractivity contribution >= 4 is 33.0 Å². The van der Waals surface area contributed by atoms with Crippen LogP contribution in [-0.2, 0) is 0 Å². The van der Waals surface area contributed by atoms with E-state index in [1.165, 1.54) is 21.7 Å². The van der Waals surface area contributed by atoms with Crippen molar-refractivity contribution in [3.63, 3.8) is 0 Å². The highest BCUT2D eigenvalue weighted by atomic mass is 79.9. The molecule has 1 unspecified atom stereocenters. The van der Waals surface area contributed by atoms with Crippen LogP contribution >= 0.6 is 27.3 Å². The van der Waals surface area contributed by atoms with E-state index in [1.54, 1.807) is 0 Å². The standard InChI is InChI=1S/C15H18BrNS/c1-4-13(14-6-5-7-18-14)17-15-10(2)8-12(16)9-11(15)3/h5-9,13,17H,4H2,1-3H3. The zero-order valence-electron chi connectivity index (χ0n) is 11.0. The maximum atomic E-state index is 3.68. The molecule has 0 saturated heterocycles. The summed E-state index contributed by atoms with van der Waals surface area (Å²) in [5.74, 6) is 0. The summed E-state index contributed by atoms with van der Waals surface area (Å²) in [5, 5.41) is 5.82. The van der Waals surface area contributed by atoms with Crippen LogP contribution in [0.15, 0.2) is 34.1 Å². The normalized spacial score (nSPS) is 12.4. The SMILES string of the molecule is CCC(Nc1c(C)cc(Br)cc1C)c1cccs1. The molecule has 0 saturated carbocycles. The van der Waals surface area contributed by atoms with E-state index in [-0.39, 0.29) is 0 Å². The minimum atomic E-state index is 0.406. The summed E-state index contributed by atoms with van der Waals surface area (Å²) in [4.78, 5) is 1.40. The Labute approximate surface area is 121 Å². The molecule has 1 atom stereocenters. The molecule has 2 rings (SSSR count). The van der Waals surface area contributed by atoms with Gasteiger partial charge in [-0.25, -0.2) is 0 Å². The predicted octanol–water partition coefficient (Wildman–Crippen LogP) is 5.69. The number of halogens is 1. The van der Waals surface area contributed by atoms with Gasteiger partial charge in [-0.1, -0.05) is 28.9 Å². The van der Waals surface area contributed by atoms with Crippen LogP contribution in [-0.4, -0.2) is 0 Å². The second kappa shape index (κ2) is 5.89. The summed E-state index contributed by atoms with van der Waals surface area (Å²) in [6.45, 7) is 6.53. The molecule has 3 heteroatoms. The molecule has 0 amide bonds. The second-order valence-electron chi connectivity index (χ2n) is 4.54. The Morgan fingerprint density at radius 3 is 2.44 bits per heavy atom. The third-order valence-electron chi connectivity index (χ3n) is 3.11. The fourth-order valence-electron chi connectivity index (χ4n) is 2.18. The van der Waals surface area contributed by atoms with Gasteiger partial charge in [0.25, 0.3) is 0 Å². The summed E-state index contributed by atoms with van der Waals surface area (Å²) in [6, 6.07) is 9.05. The molecule has 0 aliphatic heterocycles. The zero-order chi connectivity index (χ0) is 13.1. The van der Waals surface area contributed by atoms with Crippen LogP contribution in [0.25, 0.3) is 0 Å². The van der Waals surface area contributed by atoms with Crippen molar-refractivity contribution in [2.45, 2.75) is 33.2 Å². The lowest BCUT2D eigenvalue weighted by molar-refractivity contribution is 0.762. The maximum Gasteiger partial charge on any atom is 0.0604 e. The lowest BCUT2D eigenvalue weighted by Gasteiger charge is -2.20. The van der Waals surface area contributed by atoms with E-state index < -0.39 is 0 Å². The average Bonchev–Trinajstić information content (AvgIpc) is 2.81. The fourth-order valence-corrected chi connectivity index (χ4v) is 3.72. The van der Waals surface area contributed by atoms with Gasteiger partial charge in [0, 0.05) is 15.0 Å². The van der Waals surface area contributed by atoms with Crippen LogP contribution in [0.2, 0.25) is 0 Å². The number of hydrogen-bond acceptors (Lipinski definition) is 2. The Kier molecular flexibility index (Phi) is 4.46. The highest BCUT2D eigenvalue weighted by Crippen LogP contribution is 2.31. The van der Waals surface area contributed by atoms with Crippen LogP contribution in [0.5, 0.6) is 0 Å². The Balaban J connectivity index is 2.28. The van der Waals surface area contributed by atoms with Crippen LogP contribution in [0, 0.1) is 13.8 Å². The topological polar surface area (TPSA) is 12.0 Å². The molecule has 1 heterocycles. The number of nitrogens with one attached hydrogen (secondary N) is 1. The molecule has 96 valence electrons. The summed E-state index contributed by atoms with van der Waals surface area (Å²) in [7, 11) is 0. The number of thiophene rings is 1. The van der Waals surface area contributed by atoms with E-state index >= 15 is 0 Å². The Bertz CT molecular complexity index is 496. The molecular formula is C15H18BrNS. The van der Waals surface area contributed by atoms with E-state index in [2.05, 4.69) is 71.7 Å². The van der Waals surface area contributed by atoms with Gasteiger partial charge in [-0.05, 0) is 55.0 Å². The van der Waals surface area contributed by atoms with Crippen LogP contribution in [0.3, 0.4) is 0 Å². The van der Waals surface area contributed by atoms with Crippen LogP contribution in [0.1, 0.15) is 35.4 Å². The third kappa shape index (κ3) is 2.96. The number of benzene rings is 1. The molecule has 18 heavy (non-hydrogen) atoms. The number of rotatable bonds is 4. The smallest absolute Gasteiger partial charge is 0.0604 e. The minimum absolute atomic E-state index is 0.406. The van der Waals surface area contributed by atoms with Crippen molar-refractivity contribution in [3.05, 3.63) is 50.1 Å². The van der Waals surface area contributed by atoms with Gasteiger partial charge in [0.2, 0.25) is 0 Å². The second-order valence-corrected chi connectivity index (χ2v) is 6.43. The van der Waals surface area contributed by atoms with Crippen LogP contribution in [0.4, 0.5) is 5.69 Å². The minimum Gasteiger partial charge on any atom is -0.377 e. The van der Waals surface area contributed by atoms with E-state index in [4.69, 9.17) is 0 Å². The van der Waals surface area contributed by atoms with Crippen molar-refractivity contribution in [2.75, 3.05) is 5.32 Å². The fraction of sp³-hybridized carbons (Fsp3) is 0.333. The van der Waals surface area contributed by atoms with Crippen LogP contribution < -0.4 is 5.32 Å². The highest BCUT2D eigenvalue weighted by Gasteiger charge is 2.13. The quantitative estimate of drug-likeness (QED) is 0.762. The molecular weight excluding hydrogens is 306 g/mol. The predicted molar refractivity (Wildman–Crippen MR) is 84.6 cm³/mol. The third-order valence-corrected chi connectivity index (χ3v) is 4.55. The molecule has 0 aliphatic rings. The van der Waals surface area contributed by atoms with Gasteiger partial charge in [0.05, 0.1) is 6.04 Å². The van der Waals surface area contributed by atoms with Gasteiger partial charge in [-0.2, -0.15) is 0 Å². The van der Waals surface area contributed by atoms with Gasteiger partial charge in [-0.3, -0.25) is 0 Å². The first-order valence-corrected chi connectivity index (χ1v) is 7.85. The first kappa shape index (κ1) is 13.6. The highest BCUT2D eigenvalue weighted by molar-refractivity contribution is 9.10. The molecule has 1 N–H and O–H groups in total. The maximum absolute atomic E-state index is 3.68. The molecule has 1 aromatic heterocycles. The summed E-state index contributed by atoms with van der Waals surface area (Å²) >= 11 is 5.36. The van der Waals surface area contributed by atoms with Gasteiger partial charge in [0.1, 0.15) is 0 Å². The van der Waals surface area contributed by atoms with Crippen molar-refractivity contribution in [3.8, 4) is 0 Å². The summed E-state index contributed by atoms with van der Waals surface area (Å²) in [6.07, 6.45) is 1.09. The molecule has 0 radical (unpaired) electrons. The Hall–Kier alpha value is -0.800. The van der Waals surface area contributed by atoms with Crippen molar-refractivity contribution in [1.82, 2.24) is 0 Å². The lowest BCUT2D eigenvalue weighted by Crippen LogP contribution is -2.10. The first-order chi connectivity index (χ1) is 8.61. The molecule has 0 spiro atoms. The molecule has 1 nitrogen and oxygen atoms in total. The molecule has 1 aromatic carbocycles. The molecule has 0 aliphatic carbocycles. The largest absolute Gasteiger partial charge is 0.377 e. The van der Waals surface area contributed by atoms with Gasteiger partial charge in [-0.15, -0.1) is 11.3 Å². The Morgan fingerprint density at radius 1 is 1.28 bits per heavy atom. The van der Waals surface area contributed by atoms with Crippen molar-refractivity contribution < 1.29 is 0 Å². The first-order valence-electron chi connectivity index (χ1n) is 6.18. The van der Waals surface area contributed by atoms with Crippen molar-refractivity contribution in [1.29, 1.82) is 0 Å². The molecule has 2 aromatic rings. The summed E-state index contributed by atoms with van der Waals surface area (Å²) < 4.78 is 1.15. The monoisotopic (exact) mass is 323 g/mol. The number of aryl methyl sites for hydroxylation is 2.